The molecule has 0 bridgehead atoms. The summed E-state index contributed by atoms with van der Waals surface area (Å²) >= 11 is 0. The Morgan fingerprint density at radius 3 is 1.71 bits per heavy atom. The van der Waals surface area contributed by atoms with Crippen molar-refractivity contribution in [1.82, 2.24) is 9.35 Å². The van der Waals surface area contributed by atoms with Gasteiger partial charge in [0.05, 0.1) is 18.8 Å². The van der Waals surface area contributed by atoms with Gasteiger partial charge in [-0.25, -0.2) is 0 Å². The highest BCUT2D eigenvalue weighted by Crippen LogP contribution is 2.16. The van der Waals surface area contributed by atoms with E-state index in [1.54, 1.807) is 0 Å². The molecule has 0 unspecified atom stereocenters. The largest absolute Gasteiger partial charge is 0.324 e. The van der Waals surface area contributed by atoms with Crippen LogP contribution in [0, 0.1) is 0 Å². The number of ketones is 1. The Hall–Kier alpha value is -2.52. The highest BCUT2D eigenvalue weighted by atomic mass is 28.3. The summed E-state index contributed by atoms with van der Waals surface area (Å²) in [6, 6.07) is 20.8. The molecule has 1 fully saturated rings. The third kappa shape index (κ3) is 6.73. The summed E-state index contributed by atoms with van der Waals surface area (Å²) in [6.07, 6.45) is 2.23. The van der Waals surface area contributed by atoms with Gasteiger partial charge in [-0.3, -0.25) is 4.79 Å². The van der Waals surface area contributed by atoms with Crippen LogP contribution in [0.1, 0.15) is 30.4 Å². The van der Waals surface area contributed by atoms with Crippen molar-refractivity contribution in [3.05, 3.63) is 71.8 Å². The highest BCUT2D eigenvalue weighted by Gasteiger charge is 2.26. The lowest BCUT2D eigenvalue weighted by molar-refractivity contribution is -0.113. The van der Waals surface area contributed by atoms with Crippen LogP contribution >= 0.6 is 0 Å². The molecule has 7 heteroatoms. The summed E-state index contributed by atoms with van der Waals surface area (Å²) in [5.74, 6) is 0.128. The molecule has 0 atom stereocenters. The Morgan fingerprint density at radius 1 is 0.742 bits per heavy atom. The van der Waals surface area contributed by atoms with Gasteiger partial charge < -0.3 is 9.35 Å². The molecule has 0 aromatic heterocycles. The number of hydrazone groups is 2. The number of hydrogen-bond acceptors (Lipinski definition) is 5. The molecule has 0 aliphatic heterocycles. The fourth-order valence-electron chi connectivity index (χ4n) is 3.52. The van der Waals surface area contributed by atoms with Crippen LogP contribution in [-0.4, -0.2) is 44.5 Å². The fourth-order valence-corrected chi connectivity index (χ4v) is 5.38. The number of Topliss-reactive ketones (excluding diaryl/α,β-unsaturated/α-hetero) is 1. The molecule has 0 N–H and O–H groups in total. The number of rotatable bonds is 8. The monoisotopic (exact) mass is 450 g/mol. The quantitative estimate of drug-likeness (QED) is 0.442. The minimum atomic E-state index is -1.26. The second-order valence-corrected chi connectivity index (χ2v) is 14.2. The van der Waals surface area contributed by atoms with E-state index in [2.05, 4.69) is 84.1 Å². The lowest BCUT2D eigenvalue weighted by Crippen LogP contribution is -2.38. The molecular weight excluding hydrogens is 416 g/mol. The van der Waals surface area contributed by atoms with E-state index in [1.807, 2.05) is 12.1 Å². The van der Waals surface area contributed by atoms with Crippen molar-refractivity contribution in [3.8, 4) is 0 Å². The van der Waals surface area contributed by atoms with Gasteiger partial charge in [0.15, 0.2) is 23.7 Å². The molecule has 1 saturated carbocycles. The van der Waals surface area contributed by atoms with Crippen LogP contribution in [0.15, 0.2) is 70.9 Å². The molecule has 0 saturated heterocycles. The first-order valence-corrected chi connectivity index (χ1v) is 16.9. The zero-order chi connectivity index (χ0) is 22.2. The van der Waals surface area contributed by atoms with Crippen LogP contribution in [0.5, 0.6) is 0 Å². The maximum atomic E-state index is 12.9. The first-order valence-electron chi connectivity index (χ1n) is 11.2. The Labute approximate surface area is 189 Å². The van der Waals surface area contributed by atoms with Gasteiger partial charge in [-0.1, -0.05) is 86.9 Å². The van der Waals surface area contributed by atoms with Crippen LogP contribution in [0.25, 0.3) is 0 Å². The van der Waals surface area contributed by atoms with Crippen molar-refractivity contribution in [2.24, 2.45) is 10.2 Å². The molecule has 5 nitrogen and oxygen atoms in total. The first kappa shape index (κ1) is 23.2. The van der Waals surface area contributed by atoms with Crippen molar-refractivity contribution in [2.45, 2.75) is 58.5 Å². The van der Waals surface area contributed by atoms with Gasteiger partial charge in [0.1, 0.15) is 5.71 Å². The van der Waals surface area contributed by atoms with E-state index < -0.39 is 17.9 Å². The third-order valence-electron chi connectivity index (χ3n) is 5.40. The smallest absolute Gasteiger partial charge is 0.184 e. The van der Waals surface area contributed by atoms with E-state index in [0.29, 0.717) is 12.1 Å². The molecule has 1 aliphatic carbocycles. The SMILES string of the molecule is C[SiH](C)N(Cc1ccccc1)N=C1CCCC(=O)C1=NN(Cc1ccccc1)[SiH](C)C. The zero-order valence-electron chi connectivity index (χ0n) is 19.2. The predicted molar refractivity (Wildman–Crippen MR) is 135 cm³/mol. The van der Waals surface area contributed by atoms with Crippen LogP contribution in [0.2, 0.25) is 26.2 Å². The fraction of sp³-hybridized carbons (Fsp3) is 0.375. The molecule has 1 aliphatic rings. The Kier molecular flexibility index (Phi) is 8.37. The lowest BCUT2D eigenvalue weighted by Gasteiger charge is -2.28. The molecular formula is C24H34N4OSi2. The molecule has 2 aromatic rings. The third-order valence-corrected chi connectivity index (χ3v) is 8.38. The number of carbonyl (C=O) groups is 1. The van der Waals surface area contributed by atoms with E-state index >= 15 is 0 Å². The molecule has 0 heterocycles. The number of benzene rings is 2. The summed E-state index contributed by atoms with van der Waals surface area (Å²) in [6.45, 7) is 10.6. The van der Waals surface area contributed by atoms with E-state index in [9.17, 15) is 4.79 Å². The van der Waals surface area contributed by atoms with Crippen molar-refractivity contribution >= 4 is 35.1 Å². The summed E-state index contributed by atoms with van der Waals surface area (Å²) in [4.78, 5) is 12.9. The molecule has 0 radical (unpaired) electrons. The van der Waals surface area contributed by atoms with E-state index in [0.717, 1.165) is 31.6 Å². The van der Waals surface area contributed by atoms with Crippen molar-refractivity contribution in [2.75, 3.05) is 0 Å². The second kappa shape index (κ2) is 11.2. The summed E-state index contributed by atoms with van der Waals surface area (Å²) in [5.41, 5.74) is 3.90. The average Bonchev–Trinajstić information content (AvgIpc) is 2.76. The molecule has 3 rings (SSSR count). The van der Waals surface area contributed by atoms with E-state index in [4.69, 9.17) is 10.2 Å². The Balaban J connectivity index is 1.90. The first-order chi connectivity index (χ1) is 14.9. The van der Waals surface area contributed by atoms with Gasteiger partial charge in [0.2, 0.25) is 0 Å². The minimum Gasteiger partial charge on any atom is -0.324 e. The lowest BCUT2D eigenvalue weighted by atomic mass is 9.95. The van der Waals surface area contributed by atoms with Gasteiger partial charge in [-0.15, -0.1) is 0 Å². The zero-order valence-corrected chi connectivity index (χ0v) is 21.5. The van der Waals surface area contributed by atoms with Crippen LogP contribution in [0.3, 0.4) is 0 Å². The molecule has 31 heavy (non-hydrogen) atoms. The number of hydrogen-bond donors (Lipinski definition) is 0. The molecule has 0 amide bonds. The van der Waals surface area contributed by atoms with Crippen LogP contribution in [-0.2, 0) is 17.9 Å². The van der Waals surface area contributed by atoms with Gasteiger partial charge in [0.25, 0.3) is 0 Å². The molecule has 0 spiro atoms. The standard InChI is InChI=1S/C24H34N4OSi2/c1-30(2)27(18-20-12-7-5-8-13-20)25-22-16-11-17-23(29)24(22)26-28(31(3)4)19-21-14-9-6-10-15-21/h5-10,12-15,30-31H,11,16-19H2,1-4H3. The van der Waals surface area contributed by atoms with Gasteiger partial charge >= 0.3 is 0 Å². The van der Waals surface area contributed by atoms with Gasteiger partial charge in [-0.05, 0) is 24.0 Å². The number of carbonyl (C=O) groups excluding carboxylic acids is 1. The Bertz CT molecular complexity index is 914. The van der Waals surface area contributed by atoms with Crippen molar-refractivity contribution in [3.63, 3.8) is 0 Å². The number of nitrogens with zero attached hydrogens (tertiary/aromatic N) is 4. The Morgan fingerprint density at radius 2 is 1.23 bits per heavy atom. The highest BCUT2D eigenvalue weighted by molar-refractivity contribution is 6.68. The maximum Gasteiger partial charge on any atom is 0.184 e. The normalized spacial score (nSPS) is 17.0. The molecule has 164 valence electrons. The minimum absolute atomic E-state index is 0.128. The maximum absolute atomic E-state index is 12.9. The van der Waals surface area contributed by atoms with Crippen LogP contribution in [0.4, 0.5) is 0 Å². The van der Waals surface area contributed by atoms with Gasteiger partial charge in [-0.2, -0.15) is 10.2 Å². The molecule has 2 aromatic carbocycles. The summed E-state index contributed by atoms with van der Waals surface area (Å²) in [7, 11) is -2.47. The van der Waals surface area contributed by atoms with Crippen molar-refractivity contribution < 1.29 is 4.79 Å². The summed E-state index contributed by atoms with van der Waals surface area (Å²) < 4.78 is 4.37. The van der Waals surface area contributed by atoms with Crippen molar-refractivity contribution in [1.29, 1.82) is 0 Å². The van der Waals surface area contributed by atoms with Crippen LogP contribution < -0.4 is 0 Å². The summed E-state index contributed by atoms with van der Waals surface area (Å²) in [5, 5.41) is 9.96. The van der Waals surface area contributed by atoms with E-state index in [1.165, 1.54) is 11.1 Å². The van der Waals surface area contributed by atoms with E-state index in [-0.39, 0.29) is 5.78 Å². The predicted octanol–water partition coefficient (Wildman–Crippen LogP) is 4.42. The topological polar surface area (TPSA) is 48.3 Å². The average molecular weight is 451 g/mol. The second-order valence-electron chi connectivity index (χ2n) is 8.63. The van der Waals surface area contributed by atoms with Gasteiger partial charge in [0, 0.05) is 6.42 Å².